The predicted molar refractivity (Wildman–Crippen MR) is 71.5 cm³/mol. The number of nitrogens with zero attached hydrogens (tertiary/aromatic N) is 1. The zero-order valence-electron chi connectivity index (χ0n) is 10.7. The lowest BCUT2D eigenvalue weighted by Crippen LogP contribution is -2.39. The third kappa shape index (κ3) is 2.55. The van der Waals surface area contributed by atoms with Crippen molar-refractivity contribution in [3.05, 3.63) is 34.6 Å². The lowest BCUT2D eigenvalue weighted by Gasteiger charge is -2.14. The van der Waals surface area contributed by atoms with Crippen molar-refractivity contribution in [1.82, 2.24) is 10.2 Å². The average molecular weight is 297 g/mol. The molecule has 1 atom stereocenters. The van der Waals surface area contributed by atoms with Gasteiger partial charge < -0.3 is 5.32 Å². The summed E-state index contributed by atoms with van der Waals surface area (Å²) in [6.07, 6.45) is 2.03. The molecule has 1 unspecified atom stereocenters. The zero-order chi connectivity index (χ0) is 14.3. The van der Waals surface area contributed by atoms with Crippen molar-refractivity contribution in [1.29, 1.82) is 0 Å². The number of nitrogens with one attached hydrogen (secondary N) is 1. The average Bonchev–Trinajstić information content (AvgIpc) is 3.19. The van der Waals surface area contributed by atoms with Gasteiger partial charge in [0.15, 0.2) is 0 Å². The summed E-state index contributed by atoms with van der Waals surface area (Å²) in [5.74, 6) is -0.722. The van der Waals surface area contributed by atoms with E-state index >= 15 is 0 Å². The Kier molecular flexibility index (Phi) is 3.48. The fourth-order valence-electron chi connectivity index (χ4n) is 2.42. The van der Waals surface area contributed by atoms with Crippen LogP contribution in [0.1, 0.15) is 24.8 Å². The van der Waals surface area contributed by atoms with Gasteiger partial charge in [0.2, 0.25) is 11.8 Å². The number of benzene rings is 1. The van der Waals surface area contributed by atoms with E-state index in [4.69, 9.17) is 11.6 Å². The lowest BCUT2D eigenvalue weighted by atomic mass is 10.2. The monoisotopic (exact) mass is 296 g/mol. The fraction of sp³-hybridized carbons (Fsp3) is 0.429. The number of halogens is 2. The quantitative estimate of drug-likeness (QED) is 0.863. The Hall–Kier alpha value is -1.46. The Bertz CT molecular complexity index is 574. The smallest absolute Gasteiger partial charge is 0.247 e. The molecular weight excluding hydrogens is 283 g/mol. The van der Waals surface area contributed by atoms with Crippen molar-refractivity contribution in [2.75, 3.05) is 0 Å². The first-order valence-electron chi connectivity index (χ1n) is 6.59. The Morgan fingerprint density at radius 3 is 2.75 bits per heavy atom. The predicted octanol–water partition coefficient (Wildman–Crippen LogP) is 1.86. The van der Waals surface area contributed by atoms with Crippen molar-refractivity contribution < 1.29 is 14.0 Å². The maximum Gasteiger partial charge on any atom is 0.247 e. The number of rotatable bonds is 4. The molecular formula is C14H14ClFN2O2. The highest BCUT2D eigenvalue weighted by Gasteiger charge is 2.45. The van der Waals surface area contributed by atoms with Gasteiger partial charge in [-0.15, -0.1) is 0 Å². The minimum absolute atomic E-state index is 0.0535. The van der Waals surface area contributed by atoms with Crippen molar-refractivity contribution in [3.63, 3.8) is 0 Å². The van der Waals surface area contributed by atoms with Crippen LogP contribution in [0, 0.1) is 5.82 Å². The van der Waals surface area contributed by atoms with Gasteiger partial charge in [0.05, 0.1) is 17.5 Å². The molecule has 1 aromatic carbocycles. The first-order chi connectivity index (χ1) is 9.56. The molecule has 1 saturated carbocycles. The van der Waals surface area contributed by atoms with E-state index in [0.29, 0.717) is 6.54 Å². The standard InChI is InChI=1S/C14H14ClFN2O2/c15-10-5-8(1-4-11(10)16)7-17-12-6-13(19)18(14(12)20)9-2-3-9/h1,4-5,9,12,17H,2-3,6-7H2. The summed E-state index contributed by atoms with van der Waals surface area (Å²) in [6, 6.07) is 4.05. The summed E-state index contributed by atoms with van der Waals surface area (Å²) in [5.41, 5.74) is 0.779. The molecule has 6 heteroatoms. The van der Waals surface area contributed by atoms with Gasteiger partial charge in [-0.3, -0.25) is 14.5 Å². The van der Waals surface area contributed by atoms with Gasteiger partial charge in [-0.05, 0) is 30.5 Å². The van der Waals surface area contributed by atoms with Crippen LogP contribution >= 0.6 is 11.6 Å². The van der Waals surface area contributed by atoms with Gasteiger partial charge in [-0.25, -0.2) is 4.39 Å². The normalized spacial score (nSPS) is 22.7. The fourth-order valence-corrected chi connectivity index (χ4v) is 2.62. The van der Waals surface area contributed by atoms with Crippen LogP contribution < -0.4 is 5.32 Å². The molecule has 1 aliphatic heterocycles. The molecule has 1 heterocycles. The minimum Gasteiger partial charge on any atom is -0.301 e. The zero-order valence-corrected chi connectivity index (χ0v) is 11.5. The summed E-state index contributed by atoms with van der Waals surface area (Å²) in [4.78, 5) is 25.3. The first kappa shape index (κ1) is 13.5. The molecule has 2 fully saturated rings. The molecule has 4 nitrogen and oxygen atoms in total. The lowest BCUT2D eigenvalue weighted by molar-refractivity contribution is -0.139. The van der Waals surface area contributed by atoms with Gasteiger partial charge >= 0.3 is 0 Å². The SMILES string of the molecule is O=C1CC(NCc2ccc(F)c(Cl)c2)C(=O)N1C1CC1. The molecule has 0 radical (unpaired) electrons. The largest absolute Gasteiger partial charge is 0.301 e. The Morgan fingerprint density at radius 2 is 2.10 bits per heavy atom. The van der Waals surface area contributed by atoms with Crippen LogP contribution in [0.2, 0.25) is 5.02 Å². The van der Waals surface area contributed by atoms with E-state index < -0.39 is 11.9 Å². The van der Waals surface area contributed by atoms with Crippen LogP contribution in [0.25, 0.3) is 0 Å². The summed E-state index contributed by atoms with van der Waals surface area (Å²) in [5, 5.41) is 3.10. The van der Waals surface area contributed by atoms with Crippen LogP contribution in [0.5, 0.6) is 0 Å². The van der Waals surface area contributed by atoms with Crippen LogP contribution in [-0.2, 0) is 16.1 Å². The van der Waals surface area contributed by atoms with Gasteiger partial charge in [0, 0.05) is 12.6 Å². The highest BCUT2D eigenvalue weighted by Crippen LogP contribution is 2.31. The van der Waals surface area contributed by atoms with Crippen molar-refractivity contribution in [2.24, 2.45) is 0 Å². The molecule has 2 amide bonds. The number of likely N-dealkylation sites (tertiary alicyclic amines) is 1. The molecule has 1 aliphatic carbocycles. The summed E-state index contributed by atoms with van der Waals surface area (Å²) in [6.45, 7) is 0.377. The summed E-state index contributed by atoms with van der Waals surface area (Å²) in [7, 11) is 0. The van der Waals surface area contributed by atoms with E-state index in [0.717, 1.165) is 18.4 Å². The topological polar surface area (TPSA) is 49.4 Å². The first-order valence-corrected chi connectivity index (χ1v) is 6.97. The van der Waals surface area contributed by atoms with E-state index in [1.807, 2.05) is 0 Å². The minimum atomic E-state index is -0.480. The maximum atomic E-state index is 13.0. The van der Waals surface area contributed by atoms with E-state index in [-0.39, 0.29) is 29.3 Å². The number of hydrogen-bond acceptors (Lipinski definition) is 3. The Labute approximate surface area is 120 Å². The maximum absolute atomic E-state index is 13.0. The van der Waals surface area contributed by atoms with Crippen molar-refractivity contribution >= 4 is 23.4 Å². The Balaban J connectivity index is 1.62. The molecule has 0 bridgehead atoms. The van der Waals surface area contributed by atoms with E-state index in [1.165, 1.54) is 17.0 Å². The molecule has 20 heavy (non-hydrogen) atoms. The number of hydrogen-bond donors (Lipinski definition) is 1. The molecule has 106 valence electrons. The number of carbonyl (C=O) groups is 2. The van der Waals surface area contributed by atoms with Crippen LogP contribution in [-0.4, -0.2) is 28.8 Å². The second-order valence-electron chi connectivity index (χ2n) is 5.22. The number of imide groups is 1. The molecule has 2 aliphatic rings. The third-order valence-electron chi connectivity index (χ3n) is 3.63. The molecule has 0 spiro atoms. The molecule has 0 aromatic heterocycles. The van der Waals surface area contributed by atoms with Crippen LogP contribution in [0.4, 0.5) is 4.39 Å². The van der Waals surface area contributed by atoms with E-state index in [9.17, 15) is 14.0 Å². The third-order valence-corrected chi connectivity index (χ3v) is 3.92. The van der Waals surface area contributed by atoms with E-state index in [1.54, 1.807) is 6.07 Å². The van der Waals surface area contributed by atoms with Crippen molar-refractivity contribution in [3.8, 4) is 0 Å². The molecule has 1 N–H and O–H groups in total. The number of amides is 2. The highest BCUT2D eigenvalue weighted by atomic mass is 35.5. The summed E-state index contributed by atoms with van der Waals surface area (Å²) < 4.78 is 13.0. The second-order valence-corrected chi connectivity index (χ2v) is 5.63. The number of carbonyl (C=O) groups excluding carboxylic acids is 2. The van der Waals surface area contributed by atoms with Crippen LogP contribution in [0.15, 0.2) is 18.2 Å². The molecule has 3 rings (SSSR count). The van der Waals surface area contributed by atoms with Gasteiger partial charge in [-0.1, -0.05) is 17.7 Å². The van der Waals surface area contributed by atoms with Crippen LogP contribution in [0.3, 0.4) is 0 Å². The highest BCUT2D eigenvalue weighted by molar-refractivity contribution is 6.30. The van der Waals surface area contributed by atoms with E-state index in [2.05, 4.69) is 5.32 Å². The van der Waals surface area contributed by atoms with Gasteiger partial charge in [-0.2, -0.15) is 0 Å². The van der Waals surface area contributed by atoms with Crippen molar-refractivity contribution in [2.45, 2.75) is 37.9 Å². The summed E-state index contributed by atoms with van der Waals surface area (Å²) >= 11 is 5.70. The molecule has 1 saturated heterocycles. The molecule has 1 aromatic rings. The van der Waals surface area contributed by atoms with Gasteiger partial charge in [0.25, 0.3) is 0 Å². The second kappa shape index (κ2) is 5.14. The van der Waals surface area contributed by atoms with Gasteiger partial charge in [0.1, 0.15) is 5.82 Å². The Morgan fingerprint density at radius 1 is 1.35 bits per heavy atom.